The standard InChI is InChI=1S/C32H39NO7/c1-17-15-31-18(2)13-21-24(29(21,3)4)20(25(31)34)14-19-16-38-30(5,6)40-27(19)32(31,36)26(17)39-28(35)33-11-12-37-23-10-8-7-9-22(23)33/h7-10,14-15,18,20-21,24,26-27,36H,11-13,16H2,1-6H3/t18-,20+,21-,24+,26+,27-,31+,32-/m1/s1. The van der Waals surface area contributed by atoms with Gasteiger partial charge in [-0.2, -0.15) is 0 Å². The van der Waals surface area contributed by atoms with Crippen LogP contribution in [0.2, 0.25) is 0 Å². The summed E-state index contributed by atoms with van der Waals surface area (Å²) in [4.78, 5) is 30.2. The molecule has 3 fully saturated rings. The molecule has 1 amide bonds. The van der Waals surface area contributed by atoms with Gasteiger partial charge in [-0.15, -0.1) is 0 Å². The SMILES string of the molecule is CC1=C[C@]23C(=O)[C@@H](C=C4COC(C)(C)O[C@H]4[C@]2(O)[C@H]1OC(=O)N1CCOc2ccccc21)[C@H]1[C@@H](C[C@H]3C)C1(C)C. The van der Waals surface area contributed by atoms with Gasteiger partial charge in [-0.3, -0.25) is 9.69 Å². The average molecular weight is 550 g/mol. The van der Waals surface area contributed by atoms with E-state index in [-0.39, 0.29) is 35.6 Å². The van der Waals surface area contributed by atoms with Crippen LogP contribution in [0.15, 0.2) is 47.6 Å². The molecule has 4 aliphatic carbocycles. The first-order chi connectivity index (χ1) is 18.8. The van der Waals surface area contributed by atoms with Gasteiger partial charge in [0.05, 0.1) is 24.3 Å². The van der Waals surface area contributed by atoms with E-state index >= 15 is 0 Å². The maximum Gasteiger partial charge on any atom is 0.415 e. The first-order valence-electron chi connectivity index (χ1n) is 14.5. The van der Waals surface area contributed by atoms with Gasteiger partial charge >= 0.3 is 6.09 Å². The monoisotopic (exact) mass is 549 g/mol. The number of rotatable bonds is 1. The second-order valence-corrected chi connectivity index (χ2v) is 13.7. The quantitative estimate of drug-likeness (QED) is 0.510. The van der Waals surface area contributed by atoms with E-state index in [9.17, 15) is 14.7 Å². The molecule has 1 aromatic rings. The molecule has 0 unspecified atom stereocenters. The second kappa shape index (κ2) is 8.20. The fourth-order valence-electron chi connectivity index (χ4n) is 8.82. The van der Waals surface area contributed by atoms with Crippen LogP contribution >= 0.6 is 0 Å². The van der Waals surface area contributed by atoms with Crippen molar-refractivity contribution in [3.8, 4) is 5.75 Å². The zero-order valence-electron chi connectivity index (χ0n) is 24.1. The van der Waals surface area contributed by atoms with Crippen molar-refractivity contribution >= 4 is 17.6 Å². The smallest absolute Gasteiger partial charge is 0.415 e. The van der Waals surface area contributed by atoms with E-state index < -0.39 is 35.1 Å². The summed E-state index contributed by atoms with van der Waals surface area (Å²) >= 11 is 0. The summed E-state index contributed by atoms with van der Waals surface area (Å²) < 4.78 is 24.6. The number of hydrogen-bond acceptors (Lipinski definition) is 7. The van der Waals surface area contributed by atoms with Crippen LogP contribution in [0.5, 0.6) is 5.75 Å². The Morgan fingerprint density at radius 1 is 1.18 bits per heavy atom. The lowest BCUT2D eigenvalue weighted by molar-refractivity contribution is -0.302. The number of fused-ring (bicyclic) bond motifs is 6. The number of aliphatic hydroxyl groups is 1. The molecule has 0 aromatic heterocycles. The van der Waals surface area contributed by atoms with Gasteiger partial charge in [0.2, 0.25) is 0 Å². The van der Waals surface area contributed by atoms with Crippen LogP contribution in [0.25, 0.3) is 0 Å². The summed E-state index contributed by atoms with van der Waals surface area (Å²) in [5.74, 6) is -0.383. The van der Waals surface area contributed by atoms with E-state index in [4.69, 9.17) is 18.9 Å². The number of ketones is 1. The Labute approximate surface area is 235 Å². The van der Waals surface area contributed by atoms with Gasteiger partial charge in [-0.05, 0) is 73.6 Å². The number of benzene rings is 1. The van der Waals surface area contributed by atoms with Crippen molar-refractivity contribution in [2.45, 2.75) is 71.6 Å². The molecule has 0 radical (unpaired) electrons. The summed E-state index contributed by atoms with van der Waals surface area (Å²) in [6.07, 6.45) is 2.19. The zero-order chi connectivity index (χ0) is 28.4. The van der Waals surface area contributed by atoms with Crippen molar-refractivity contribution < 1.29 is 33.6 Å². The molecule has 2 heterocycles. The predicted octanol–water partition coefficient (Wildman–Crippen LogP) is 4.66. The predicted molar refractivity (Wildman–Crippen MR) is 147 cm³/mol. The van der Waals surface area contributed by atoms with Crippen molar-refractivity contribution in [1.82, 2.24) is 0 Å². The average Bonchev–Trinajstić information content (AvgIpc) is 3.40. The van der Waals surface area contributed by atoms with Crippen LogP contribution in [-0.4, -0.2) is 60.3 Å². The van der Waals surface area contributed by atoms with Crippen molar-refractivity contribution in [3.05, 3.63) is 47.6 Å². The number of anilines is 1. The number of para-hydroxylation sites is 2. The van der Waals surface area contributed by atoms with E-state index in [0.29, 0.717) is 36.1 Å². The molecule has 8 nitrogen and oxygen atoms in total. The summed E-state index contributed by atoms with van der Waals surface area (Å²) in [5.41, 5.74) is -1.04. The van der Waals surface area contributed by atoms with Gasteiger partial charge in [0.25, 0.3) is 0 Å². The maximum absolute atomic E-state index is 14.8. The molecule has 40 heavy (non-hydrogen) atoms. The van der Waals surface area contributed by atoms with Gasteiger partial charge < -0.3 is 24.1 Å². The van der Waals surface area contributed by atoms with E-state index in [1.165, 1.54) is 0 Å². The van der Waals surface area contributed by atoms with Crippen LogP contribution < -0.4 is 9.64 Å². The third-order valence-electron chi connectivity index (χ3n) is 10.8. The highest BCUT2D eigenvalue weighted by Crippen LogP contribution is 2.72. The topological polar surface area (TPSA) is 94.5 Å². The first-order valence-corrected chi connectivity index (χ1v) is 14.5. The second-order valence-electron chi connectivity index (χ2n) is 13.7. The third-order valence-corrected chi connectivity index (χ3v) is 10.8. The number of carbonyl (C=O) groups is 2. The van der Waals surface area contributed by atoms with Crippen LogP contribution in [0.4, 0.5) is 10.5 Å². The van der Waals surface area contributed by atoms with Gasteiger partial charge in [0.15, 0.2) is 23.3 Å². The van der Waals surface area contributed by atoms with Gasteiger partial charge in [-0.1, -0.05) is 45.1 Å². The third kappa shape index (κ3) is 3.24. The summed E-state index contributed by atoms with van der Waals surface area (Å²) in [7, 11) is 0. The van der Waals surface area contributed by atoms with Crippen molar-refractivity contribution in [3.63, 3.8) is 0 Å². The fraction of sp³-hybridized carbons (Fsp3) is 0.625. The Hall–Kier alpha value is -2.68. The van der Waals surface area contributed by atoms with E-state index in [1.54, 1.807) is 4.90 Å². The van der Waals surface area contributed by atoms with E-state index in [2.05, 4.69) is 20.8 Å². The Morgan fingerprint density at radius 3 is 2.70 bits per heavy atom. The molecule has 7 rings (SSSR count). The number of allylic oxidation sites excluding steroid dienone is 1. The molecule has 2 bridgehead atoms. The number of carbonyl (C=O) groups excluding carboxylic acids is 2. The molecule has 2 saturated carbocycles. The molecule has 1 aromatic carbocycles. The maximum atomic E-state index is 14.8. The van der Waals surface area contributed by atoms with E-state index in [1.807, 2.05) is 57.2 Å². The Balaban J connectivity index is 1.35. The number of hydrogen-bond donors (Lipinski definition) is 1. The Bertz CT molecular complexity index is 1360. The molecule has 1 saturated heterocycles. The summed E-state index contributed by atoms with van der Waals surface area (Å²) in [6.45, 7) is 12.9. The first kappa shape index (κ1) is 26.2. The highest BCUT2D eigenvalue weighted by Gasteiger charge is 2.77. The van der Waals surface area contributed by atoms with Gasteiger partial charge in [0, 0.05) is 5.92 Å². The van der Waals surface area contributed by atoms with Crippen molar-refractivity contribution in [2.75, 3.05) is 24.7 Å². The molecular weight excluding hydrogens is 510 g/mol. The van der Waals surface area contributed by atoms with Crippen LogP contribution in [0, 0.1) is 34.5 Å². The number of amides is 1. The molecule has 214 valence electrons. The highest BCUT2D eigenvalue weighted by molar-refractivity contribution is 5.96. The lowest BCUT2D eigenvalue weighted by Gasteiger charge is -2.52. The minimum absolute atomic E-state index is 0.00139. The molecular formula is C32H39NO7. The molecule has 1 spiro atoms. The summed E-state index contributed by atoms with van der Waals surface area (Å²) in [5, 5.41) is 13.2. The Kier molecular flexibility index (Phi) is 5.38. The number of Topliss-reactive ketones (excluding diaryl/α,β-unsaturated/α-hetero) is 1. The largest absolute Gasteiger partial charge is 0.490 e. The van der Waals surface area contributed by atoms with Crippen molar-refractivity contribution in [2.24, 2.45) is 34.5 Å². The summed E-state index contributed by atoms with van der Waals surface area (Å²) in [6, 6.07) is 7.33. The number of nitrogens with zero attached hydrogens (tertiary/aromatic N) is 1. The van der Waals surface area contributed by atoms with Crippen LogP contribution in [-0.2, 0) is 19.0 Å². The number of ether oxygens (including phenoxy) is 4. The fourth-order valence-corrected chi connectivity index (χ4v) is 8.82. The molecule has 8 heteroatoms. The lowest BCUT2D eigenvalue weighted by Crippen LogP contribution is -2.68. The van der Waals surface area contributed by atoms with Gasteiger partial charge in [-0.25, -0.2) is 4.79 Å². The van der Waals surface area contributed by atoms with E-state index in [0.717, 1.165) is 12.0 Å². The molecule has 1 N–H and O–H groups in total. The molecule has 2 aliphatic heterocycles. The van der Waals surface area contributed by atoms with Crippen LogP contribution in [0.3, 0.4) is 0 Å². The minimum Gasteiger partial charge on any atom is -0.490 e. The van der Waals surface area contributed by atoms with Crippen LogP contribution in [0.1, 0.15) is 48.0 Å². The zero-order valence-corrected chi connectivity index (χ0v) is 24.1. The Morgan fingerprint density at radius 2 is 1.93 bits per heavy atom. The van der Waals surface area contributed by atoms with Gasteiger partial charge in [0.1, 0.15) is 18.5 Å². The normalized spacial score (nSPS) is 42.0. The van der Waals surface area contributed by atoms with Crippen molar-refractivity contribution in [1.29, 1.82) is 0 Å². The minimum atomic E-state index is -1.84. The molecule has 8 atom stereocenters. The highest BCUT2D eigenvalue weighted by atomic mass is 16.7. The molecule has 6 aliphatic rings. The lowest BCUT2D eigenvalue weighted by atomic mass is 9.59.